The van der Waals surface area contributed by atoms with Gasteiger partial charge >= 0.3 is 0 Å². The zero-order chi connectivity index (χ0) is 13.0. The third kappa shape index (κ3) is 3.27. The van der Waals surface area contributed by atoms with E-state index in [-0.39, 0.29) is 0 Å². The zero-order valence-corrected chi connectivity index (χ0v) is 12.7. The summed E-state index contributed by atoms with van der Waals surface area (Å²) in [6, 6.07) is 0.781. The summed E-state index contributed by atoms with van der Waals surface area (Å²) >= 11 is 0. The molecule has 2 heteroatoms. The van der Waals surface area contributed by atoms with Crippen molar-refractivity contribution in [1.82, 2.24) is 10.2 Å². The topological polar surface area (TPSA) is 15.3 Å². The Bertz CT molecular complexity index is 235. The van der Waals surface area contributed by atoms with Crippen molar-refractivity contribution < 1.29 is 0 Å². The Morgan fingerprint density at radius 1 is 1.00 bits per heavy atom. The van der Waals surface area contributed by atoms with Gasteiger partial charge in [-0.3, -0.25) is 0 Å². The third-order valence-corrected chi connectivity index (χ3v) is 5.49. The fourth-order valence-corrected chi connectivity index (χ4v) is 4.52. The SMILES string of the molecule is CNC1CCC(CN(C)C)(C2CCCCC2)CC1. The van der Waals surface area contributed by atoms with Crippen molar-refractivity contribution in [2.45, 2.75) is 63.8 Å². The number of hydrogen-bond donors (Lipinski definition) is 1. The van der Waals surface area contributed by atoms with Crippen molar-refractivity contribution in [2.24, 2.45) is 11.3 Å². The van der Waals surface area contributed by atoms with E-state index in [9.17, 15) is 0 Å². The highest BCUT2D eigenvalue weighted by Gasteiger charge is 2.41. The van der Waals surface area contributed by atoms with Crippen LogP contribution in [0.1, 0.15) is 57.8 Å². The van der Waals surface area contributed by atoms with Crippen LogP contribution in [-0.4, -0.2) is 38.6 Å². The van der Waals surface area contributed by atoms with E-state index in [1.807, 2.05) is 0 Å². The first-order valence-corrected chi connectivity index (χ1v) is 7.98. The summed E-state index contributed by atoms with van der Waals surface area (Å²) in [6.45, 7) is 1.31. The lowest BCUT2D eigenvalue weighted by Crippen LogP contribution is -2.46. The molecule has 0 aromatic rings. The molecule has 0 saturated heterocycles. The molecule has 2 saturated carbocycles. The molecule has 0 aliphatic heterocycles. The van der Waals surface area contributed by atoms with E-state index in [4.69, 9.17) is 0 Å². The first-order chi connectivity index (χ1) is 8.66. The van der Waals surface area contributed by atoms with Crippen LogP contribution in [0.2, 0.25) is 0 Å². The van der Waals surface area contributed by atoms with Crippen LogP contribution in [0.25, 0.3) is 0 Å². The van der Waals surface area contributed by atoms with Gasteiger partial charge in [-0.1, -0.05) is 19.3 Å². The van der Waals surface area contributed by atoms with Crippen molar-refractivity contribution in [3.63, 3.8) is 0 Å². The summed E-state index contributed by atoms with van der Waals surface area (Å²) in [5.74, 6) is 1.01. The highest BCUT2D eigenvalue weighted by Crippen LogP contribution is 2.48. The van der Waals surface area contributed by atoms with Gasteiger partial charge in [0.25, 0.3) is 0 Å². The van der Waals surface area contributed by atoms with Gasteiger partial charge in [0.1, 0.15) is 0 Å². The van der Waals surface area contributed by atoms with Gasteiger partial charge in [-0.25, -0.2) is 0 Å². The fraction of sp³-hybridized carbons (Fsp3) is 1.00. The summed E-state index contributed by atoms with van der Waals surface area (Å²) in [4.78, 5) is 2.44. The van der Waals surface area contributed by atoms with Gasteiger partial charge in [0.05, 0.1) is 0 Å². The van der Waals surface area contributed by atoms with E-state index in [0.29, 0.717) is 5.41 Å². The van der Waals surface area contributed by atoms with Gasteiger partial charge in [-0.05, 0) is 71.0 Å². The minimum Gasteiger partial charge on any atom is -0.317 e. The van der Waals surface area contributed by atoms with Crippen LogP contribution in [0.15, 0.2) is 0 Å². The summed E-state index contributed by atoms with van der Waals surface area (Å²) in [5.41, 5.74) is 0.636. The van der Waals surface area contributed by atoms with Gasteiger partial charge in [0.2, 0.25) is 0 Å². The molecule has 2 nitrogen and oxygen atoms in total. The Labute approximate surface area is 114 Å². The minimum atomic E-state index is 0.636. The molecule has 2 rings (SSSR count). The van der Waals surface area contributed by atoms with Gasteiger partial charge < -0.3 is 10.2 Å². The smallest absolute Gasteiger partial charge is 0.00644 e. The second-order valence-electron chi connectivity index (χ2n) is 7.00. The average Bonchev–Trinajstić information content (AvgIpc) is 2.40. The monoisotopic (exact) mass is 252 g/mol. The van der Waals surface area contributed by atoms with Crippen LogP contribution in [0.5, 0.6) is 0 Å². The Kier molecular flexibility index (Phi) is 5.08. The molecule has 106 valence electrons. The van der Waals surface area contributed by atoms with E-state index in [2.05, 4.69) is 31.4 Å². The molecule has 0 bridgehead atoms. The molecule has 0 radical (unpaired) electrons. The predicted molar refractivity (Wildman–Crippen MR) is 78.9 cm³/mol. The number of nitrogens with one attached hydrogen (secondary N) is 1. The van der Waals surface area contributed by atoms with Crippen molar-refractivity contribution >= 4 is 0 Å². The standard InChI is InChI=1S/C16H32N2/c1-17-15-9-11-16(12-10-15,13-18(2)3)14-7-5-4-6-8-14/h14-15,17H,4-13H2,1-3H3. The van der Waals surface area contributed by atoms with Gasteiger partial charge in [-0.15, -0.1) is 0 Å². The van der Waals surface area contributed by atoms with E-state index in [1.165, 1.54) is 64.3 Å². The van der Waals surface area contributed by atoms with Crippen molar-refractivity contribution in [3.05, 3.63) is 0 Å². The Morgan fingerprint density at radius 3 is 2.11 bits per heavy atom. The van der Waals surface area contributed by atoms with Crippen LogP contribution in [0.3, 0.4) is 0 Å². The Balaban J connectivity index is 2.03. The Hall–Kier alpha value is -0.0800. The Morgan fingerprint density at radius 2 is 1.61 bits per heavy atom. The maximum absolute atomic E-state index is 3.48. The lowest BCUT2D eigenvalue weighted by molar-refractivity contribution is 0.0310. The van der Waals surface area contributed by atoms with Crippen LogP contribution < -0.4 is 5.32 Å². The van der Waals surface area contributed by atoms with E-state index in [1.54, 1.807) is 0 Å². The normalized spacial score (nSPS) is 35.0. The molecule has 0 aromatic carbocycles. The van der Waals surface area contributed by atoms with Gasteiger partial charge in [0, 0.05) is 12.6 Å². The molecule has 1 N–H and O–H groups in total. The second-order valence-corrected chi connectivity index (χ2v) is 7.00. The van der Waals surface area contributed by atoms with Gasteiger partial charge in [-0.2, -0.15) is 0 Å². The fourth-order valence-electron chi connectivity index (χ4n) is 4.52. The number of rotatable bonds is 4. The van der Waals surface area contributed by atoms with E-state index >= 15 is 0 Å². The molecule has 0 aromatic heterocycles. The summed E-state index contributed by atoms with van der Waals surface area (Å²) in [5, 5.41) is 3.48. The third-order valence-electron chi connectivity index (χ3n) is 5.49. The number of hydrogen-bond acceptors (Lipinski definition) is 2. The molecule has 18 heavy (non-hydrogen) atoms. The van der Waals surface area contributed by atoms with Crippen LogP contribution in [-0.2, 0) is 0 Å². The lowest BCUT2D eigenvalue weighted by atomic mass is 9.61. The second kappa shape index (κ2) is 6.38. The lowest BCUT2D eigenvalue weighted by Gasteiger charge is -2.48. The quantitative estimate of drug-likeness (QED) is 0.826. The molecule has 0 spiro atoms. The van der Waals surface area contributed by atoms with E-state index < -0.39 is 0 Å². The predicted octanol–water partition coefficient (Wildman–Crippen LogP) is 3.28. The largest absolute Gasteiger partial charge is 0.317 e. The maximum Gasteiger partial charge on any atom is 0.00644 e. The molecule has 2 fully saturated rings. The molecule has 0 atom stereocenters. The van der Waals surface area contributed by atoms with Crippen molar-refractivity contribution in [2.75, 3.05) is 27.7 Å². The molecule has 2 aliphatic carbocycles. The molecule has 0 heterocycles. The minimum absolute atomic E-state index is 0.636. The van der Waals surface area contributed by atoms with E-state index in [0.717, 1.165) is 12.0 Å². The average molecular weight is 252 g/mol. The van der Waals surface area contributed by atoms with Crippen LogP contribution in [0.4, 0.5) is 0 Å². The van der Waals surface area contributed by atoms with Crippen LogP contribution >= 0.6 is 0 Å². The highest BCUT2D eigenvalue weighted by molar-refractivity contribution is 4.94. The zero-order valence-electron chi connectivity index (χ0n) is 12.7. The molecule has 0 amide bonds. The molecule has 2 aliphatic rings. The highest BCUT2D eigenvalue weighted by atomic mass is 15.1. The van der Waals surface area contributed by atoms with Crippen LogP contribution in [0, 0.1) is 11.3 Å². The van der Waals surface area contributed by atoms with Crippen molar-refractivity contribution in [1.29, 1.82) is 0 Å². The van der Waals surface area contributed by atoms with Crippen molar-refractivity contribution in [3.8, 4) is 0 Å². The molecular weight excluding hydrogens is 220 g/mol. The molecular formula is C16H32N2. The molecule has 0 unspecified atom stereocenters. The first-order valence-electron chi connectivity index (χ1n) is 7.98. The summed E-state index contributed by atoms with van der Waals surface area (Å²) in [6.07, 6.45) is 13.1. The first kappa shape index (κ1) is 14.3. The summed E-state index contributed by atoms with van der Waals surface area (Å²) in [7, 11) is 6.65. The summed E-state index contributed by atoms with van der Waals surface area (Å²) < 4.78 is 0. The maximum atomic E-state index is 3.48. The van der Waals surface area contributed by atoms with Gasteiger partial charge in [0.15, 0.2) is 0 Å². The number of nitrogens with zero attached hydrogens (tertiary/aromatic N) is 1.